The maximum atomic E-state index is 11.5. The molecule has 0 saturated heterocycles. The topological polar surface area (TPSA) is 70.2 Å². The van der Waals surface area contributed by atoms with Crippen molar-refractivity contribution in [1.82, 2.24) is 9.97 Å². The van der Waals surface area contributed by atoms with Crippen LogP contribution in [0.1, 0.15) is 19.0 Å². The third kappa shape index (κ3) is 4.20. The average molecular weight is 388 g/mol. The number of carbonyl (C=O) groups is 1. The molecule has 0 aliphatic heterocycles. The minimum atomic E-state index is -0.0351. The first kappa shape index (κ1) is 18.3. The zero-order chi connectivity index (χ0) is 18.7. The Bertz CT molecular complexity index is 899. The van der Waals surface area contributed by atoms with Crippen LogP contribution >= 0.6 is 22.7 Å². The minimum absolute atomic E-state index is 0.0351. The van der Waals surface area contributed by atoms with Crippen LogP contribution in [-0.2, 0) is 4.79 Å². The molecule has 1 amide bonds. The molecule has 3 aromatic rings. The number of rotatable bonds is 6. The second kappa shape index (κ2) is 7.84. The molecule has 0 aliphatic rings. The summed E-state index contributed by atoms with van der Waals surface area (Å²) in [7, 11) is 4.04. The Morgan fingerprint density at radius 3 is 2.54 bits per heavy atom. The molecule has 0 atom stereocenters. The fourth-order valence-electron chi connectivity index (χ4n) is 2.30. The van der Waals surface area contributed by atoms with E-state index in [9.17, 15) is 4.79 Å². The van der Waals surface area contributed by atoms with E-state index < -0.39 is 0 Å². The monoisotopic (exact) mass is 387 g/mol. The van der Waals surface area contributed by atoms with Crippen LogP contribution in [0.25, 0.3) is 10.6 Å². The van der Waals surface area contributed by atoms with Crippen molar-refractivity contribution in [2.45, 2.75) is 20.3 Å². The third-order valence-corrected chi connectivity index (χ3v) is 5.59. The number of thiazole rings is 2. The van der Waals surface area contributed by atoms with Gasteiger partial charge >= 0.3 is 0 Å². The summed E-state index contributed by atoms with van der Waals surface area (Å²) in [6.45, 7) is 3.75. The molecule has 6 nitrogen and oxygen atoms in total. The molecule has 0 radical (unpaired) electrons. The van der Waals surface area contributed by atoms with Crippen molar-refractivity contribution in [2.24, 2.45) is 0 Å². The highest BCUT2D eigenvalue weighted by molar-refractivity contribution is 7.20. The number of anilines is 4. The van der Waals surface area contributed by atoms with E-state index in [2.05, 4.69) is 37.6 Å². The van der Waals surface area contributed by atoms with E-state index in [1.807, 2.05) is 45.5 Å². The van der Waals surface area contributed by atoms with Crippen molar-refractivity contribution < 1.29 is 4.79 Å². The highest BCUT2D eigenvalue weighted by Crippen LogP contribution is 2.35. The van der Waals surface area contributed by atoms with Crippen LogP contribution in [0.2, 0.25) is 0 Å². The molecule has 0 fully saturated rings. The van der Waals surface area contributed by atoms with Gasteiger partial charge in [-0.2, -0.15) is 0 Å². The number of benzene rings is 1. The summed E-state index contributed by atoms with van der Waals surface area (Å²) in [4.78, 5) is 23.7. The Hall–Kier alpha value is -2.45. The van der Waals surface area contributed by atoms with Gasteiger partial charge in [0, 0.05) is 37.3 Å². The van der Waals surface area contributed by atoms with Gasteiger partial charge in [-0.25, -0.2) is 9.97 Å². The fourth-order valence-corrected chi connectivity index (χ4v) is 4.04. The van der Waals surface area contributed by atoms with Crippen molar-refractivity contribution in [1.29, 1.82) is 0 Å². The van der Waals surface area contributed by atoms with Gasteiger partial charge in [0.05, 0.1) is 16.3 Å². The molecule has 3 rings (SSSR count). The van der Waals surface area contributed by atoms with Crippen LogP contribution in [0.3, 0.4) is 0 Å². The lowest BCUT2D eigenvalue weighted by Gasteiger charge is -2.12. The van der Waals surface area contributed by atoms with Crippen LogP contribution in [0.15, 0.2) is 29.6 Å². The molecule has 2 heterocycles. The van der Waals surface area contributed by atoms with E-state index in [1.165, 1.54) is 11.3 Å². The summed E-state index contributed by atoms with van der Waals surface area (Å²) in [5, 5.41) is 9.58. The van der Waals surface area contributed by atoms with Gasteiger partial charge in [-0.3, -0.25) is 4.79 Å². The Balaban J connectivity index is 1.74. The molecule has 0 aliphatic carbocycles. The van der Waals surface area contributed by atoms with Gasteiger partial charge in [0.2, 0.25) is 5.91 Å². The second-order valence-corrected chi connectivity index (χ2v) is 7.80. The fraction of sp³-hybridized carbons (Fsp3) is 0.278. The molecule has 0 unspecified atom stereocenters. The number of aromatic nitrogens is 2. The summed E-state index contributed by atoms with van der Waals surface area (Å²) >= 11 is 2.99. The Morgan fingerprint density at radius 2 is 1.88 bits per heavy atom. The number of aryl methyl sites for hydroxylation is 1. The Morgan fingerprint density at radius 1 is 1.15 bits per heavy atom. The van der Waals surface area contributed by atoms with E-state index >= 15 is 0 Å². The molecule has 2 N–H and O–H groups in total. The smallest absolute Gasteiger partial charge is 0.225 e. The molecule has 2 aromatic heterocycles. The molecule has 0 saturated carbocycles. The van der Waals surface area contributed by atoms with Crippen LogP contribution in [-0.4, -0.2) is 30.0 Å². The SMILES string of the molecule is CCC(=O)Nc1nc(C)c(-c2csc(Nc3ccc(N(C)C)cc3)n2)s1. The number of carbonyl (C=O) groups excluding carboxylic acids is 1. The van der Waals surface area contributed by atoms with Crippen LogP contribution in [0, 0.1) is 6.92 Å². The van der Waals surface area contributed by atoms with Gasteiger partial charge < -0.3 is 15.5 Å². The minimum Gasteiger partial charge on any atom is -0.378 e. The zero-order valence-corrected chi connectivity index (χ0v) is 16.8. The van der Waals surface area contributed by atoms with Gasteiger partial charge in [-0.1, -0.05) is 18.3 Å². The van der Waals surface area contributed by atoms with Gasteiger partial charge in [-0.05, 0) is 31.2 Å². The first-order valence-corrected chi connectivity index (χ1v) is 9.93. The first-order valence-electron chi connectivity index (χ1n) is 8.24. The van der Waals surface area contributed by atoms with Crippen molar-refractivity contribution in [3.05, 3.63) is 35.3 Å². The summed E-state index contributed by atoms with van der Waals surface area (Å²) in [5.74, 6) is -0.0351. The van der Waals surface area contributed by atoms with Crippen LogP contribution in [0.5, 0.6) is 0 Å². The lowest BCUT2D eigenvalue weighted by molar-refractivity contribution is -0.115. The Kier molecular flexibility index (Phi) is 5.53. The molecule has 26 heavy (non-hydrogen) atoms. The Labute approximate surface area is 160 Å². The van der Waals surface area contributed by atoms with E-state index in [4.69, 9.17) is 0 Å². The first-order chi connectivity index (χ1) is 12.5. The van der Waals surface area contributed by atoms with Crippen molar-refractivity contribution >= 4 is 50.2 Å². The zero-order valence-electron chi connectivity index (χ0n) is 15.2. The quantitative estimate of drug-likeness (QED) is 0.640. The summed E-state index contributed by atoms with van der Waals surface area (Å²) in [6, 6.07) is 8.19. The number of hydrogen-bond donors (Lipinski definition) is 2. The van der Waals surface area contributed by atoms with Crippen molar-refractivity contribution in [2.75, 3.05) is 29.6 Å². The normalized spacial score (nSPS) is 10.6. The number of amides is 1. The van der Waals surface area contributed by atoms with E-state index in [0.717, 1.165) is 32.8 Å². The van der Waals surface area contributed by atoms with E-state index in [0.29, 0.717) is 11.6 Å². The van der Waals surface area contributed by atoms with E-state index in [-0.39, 0.29) is 5.91 Å². The van der Waals surface area contributed by atoms with E-state index in [1.54, 1.807) is 11.3 Å². The van der Waals surface area contributed by atoms with Gasteiger partial charge in [0.15, 0.2) is 10.3 Å². The third-order valence-electron chi connectivity index (χ3n) is 3.74. The van der Waals surface area contributed by atoms with Crippen LogP contribution < -0.4 is 15.5 Å². The molecule has 0 spiro atoms. The largest absolute Gasteiger partial charge is 0.378 e. The number of nitrogens with one attached hydrogen (secondary N) is 2. The summed E-state index contributed by atoms with van der Waals surface area (Å²) in [6.07, 6.45) is 0.436. The van der Waals surface area contributed by atoms with Crippen LogP contribution in [0.4, 0.5) is 21.6 Å². The maximum absolute atomic E-state index is 11.5. The standard InChI is InChI=1S/C18H21N5OS2/c1-5-15(24)22-18-19-11(2)16(26-18)14-10-25-17(21-14)20-12-6-8-13(9-7-12)23(3)4/h6-10H,5H2,1-4H3,(H,20,21)(H,19,22,24). The van der Waals surface area contributed by atoms with Gasteiger partial charge in [-0.15, -0.1) is 11.3 Å². The molecule has 136 valence electrons. The summed E-state index contributed by atoms with van der Waals surface area (Å²) in [5.41, 5.74) is 3.88. The van der Waals surface area contributed by atoms with Crippen molar-refractivity contribution in [3.8, 4) is 10.6 Å². The maximum Gasteiger partial charge on any atom is 0.225 e. The predicted molar refractivity (Wildman–Crippen MR) is 111 cm³/mol. The molecule has 1 aromatic carbocycles. The number of nitrogens with zero attached hydrogens (tertiary/aromatic N) is 3. The average Bonchev–Trinajstić information content (AvgIpc) is 3.21. The van der Waals surface area contributed by atoms with Gasteiger partial charge in [0.25, 0.3) is 0 Å². The molecule has 8 heteroatoms. The lowest BCUT2D eigenvalue weighted by atomic mass is 10.2. The molecule has 0 bridgehead atoms. The predicted octanol–water partition coefficient (Wildman–Crippen LogP) is 4.73. The number of hydrogen-bond acceptors (Lipinski definition) is 7. The van der Waals surface area contributed by atoms with Crippen molar-refractivity contribution in [3.63, 3.8) is 0 Å². The van der Waals surface area contributed by atoms with Gasteiger partial charge in [0.1, 0.15) is 0 Å². The molecular formula is C18H21N5OS2. The lowest BCUT2D eigenvalue weighted by Crippen LogP contribution is -2.08. The second-order valence-electron chi connectivity index (χ2n) is 5.94. The highest BCUT2D eigenvalue weighted by Gasteiger charge is 2.14. The highest BCUT2D eigenvalue weighted by atomic mass is 32.1. The summed E-state index contributed by atoms with van der Waals surface area (Å²) < 4.78 is 0. The molecular weight excluding hydrogens is 366 g/mol.